The van der Waals surface area contributed by atoms with Crippen molar-refractivity contribution in [3.05, 3.63) is 29.8 Å². The summed E-state index contributed by atoms with van der Waals surface area (Å²) in [6.07, 6.45) is 0.973. The van der Waals surface area contributed by atoms with Crippen molar-refractivity contribution < 1.29 is 4.79 Å². The Balaban J connectivity index is 2.34. The van der Waals surface area contributed by atoms with E-state index in [-0.39, 0.29) is 11.9 Å². The van der Waals surface area contributed by atoms with Crippen molar-refractivity contribution in [2.75, 3.05) is 5.75 Å². The van der Waals surface area contributed by atoms with Crippen LogP contribution in [0.1, 0.15) is 25.8 Å². The minimum atomic E-state index is 0.111. The first-order valence-electron chi connectivity index (χ1n) is 5.60. The topological polar surface area (TPSA) is 29.1 Å². The van der Waals surface area contributed by atoms with Gasteiger partial charge in [0.05, 0.1) is 5.75 Å². The molecule has 0 aliphatic heterocycles. The van der Waals surface area contributed by atoms with E-state index in [1.807, 2.05) is 6.92 Å². The van der Waals surface area contributed by atoms with Gasteiger partial charge in [-0.25, -0.2) is 0 Å². The lowest BCUT2D eigenvalue weighted by molar-refractivity contribution is -0.119. The quantitative estimate of drug-likeness (QED) is 0.798. The van der Waals surface area contributed by atoms with E-state index < -0.39 is 0 Å². The molecule has 1 amide bonds. The summed E-state index contributed by atoms with van der Waals surface area (Å²) < 4.78 is 0. The molecule has 88 valence electrons. The van der Waals surface area contributed by atoms with Gasteiger partial charge in [0.25, 0.3) is 0 Å². The zero-order valence-electron chi connectivity index (χ0n) is 10.1. The third-order valence-corrected chi connectivity index (χ3v) is 3.42. The zero-order chi connectivity index (χ0) is 12.0. The predicted molar refractivity (Wildman–Crippen MR) is 69.8 cm³/mol. The summed E-state index contributed by atoms with van der Waals surface area (Å²) in [4.78, 5) is 12.7. The smallest absolute Gasteiger partial charge is 0.230 e. The molecule has 0 heterocycles. The number of aryl methyl sites for hydroxylation is 1. The first-order chi connectivity index (χ1) is 7.61. The van der Waals surface area contributed by atoms with Crippen molar-refractivity contribution in [3.63, 3.8) is 0 Å². The van der Waals surface area contributed by atoms with Crippen molar-refractivity contribution in [1.82, 2.24) is 5.32 Å². The molecule has 0 radical (unpaired) electrons. The number of carbonyl (C=O) groups excluding carboxylic acids is 1. The van der Waals surface area contributed by atoms with E-state index in [2.05, 4.69) is 43.4 Å². The molecule has 1 atom stereocenters. The Kier molecular flexibility index (Phi) is 5.39. The molecule has 3 heteroatoms. The number of carbonyl (C=O) groups is 1. The van der Waals surface area contributed by atoms with Gasteiger partial charge < -0.3 is 5.32 Å². The highest BCUT2D eigenvalue weighted by molar-refractivity contribution is 8.00. The molecule has 1 N–H and O–H groups in total. The molecule has 0 unspecified atom stereocenters. The molecule has 2 nitrogen and oxygen atoms in total. The number of benzene rings is 1. The summed E-state index contributed by atoms with van der Waals surface area (Å²) in [6.45, 7) is 6.15. The molecular weight excluding hydrogens is 218 g/mol. The van der Waals surface area contributed by atoms with Gasteiger partial charge in [-0.15, -0.1) is 11.8 Å². The van der Waals surface area contributed by atoms with E-state index in [0.29, 0.717) is 5.75 Å². The molecule has 0 saturated heterocycles. The van der Waals surface area contributed by atoms with E-state index in [1.54, 1.807) is 11.8 Å². The number of thioether (sulfide) groups is 1. The minimum Gasteiger partial charge on any atom is -0.353 e. The van der Waals surface area contributed by atoms with Crippen LogP contribution in [0.5, 0.6) is 0 Å². The molecule has 0 spiro atoms. The maximum absolute atomic E-state index is 11.5. The second-order valence-electron chi connectivity index (χ2n) is 3.98. The highest BCUT2D eigenvalue weighted by atomic mass is 32.2. The van der Waals surface area contributed by atoms with E-state index in [0.717, 1.165) is 11.3 Å². The molecule has 0 bridgehead atoms. The van der Waals surface area contributed by atoms with Crippen LogP contribution < -0.4 is 5.32 Å². The van der Waals surface area contributed by atoms with Crippen molar-refractivity contribution in [1.29, 1.82) is 0 Å². The lowest BCUT2D eigenvalue weighted by Gasteiger charge is -2.10. The molecule has 0 fully saturated rings. The molecule has 1 aromatic carbocycles. The maximum Gasteiger partial charge on any atom is 0.230 e. The minimum absolute atomic E-state index is 0.111. The first kappa shape index (κ1) is 13.1. The molecule has 0 saturated carbocycles. The second-order valence-corrected chi connectivity index (χ2v) is 5.03. The average Bonchev–Trinajstić information content (AvgIpc) is 2.28. The van der Waals surface area contributed by atoms with Gasteiger partial charge in [0.1, 0.15) is 0 Å². The summed E-state index contributed by atoms with van der Waals surface area (Å²) in [6, 6.07) is 8.50. The fourth-order valence-corrected chi connectivity index (χ4v) is 1.91. The number of hydrogen-bond acceptors (Lipinski definition) is 2. The van der Waals surface area contributed by atoms with Crippen LogP contribution in [0.15, 0.2) is 29.2 Å². The van der Waals surface area contributed by atoms with E-state index in [1.165, 1.54) is 5.56 Å². The zero-order valence-corrected chi connectivity index (χ0v) is 10.9. The van der Waals surface area contributed by atoms with Crippen LogP contribution >= 0.6 is 11.8 Å². The normalized spacial score (nSPS) is 12.2. The van der Waals surface area contributed by atoms with Crippen molar-refractivity contribution in [2.24, 2.45) is 0 Å². The average molecular weight is 237 g/mol. The number of rotatable bonds is 5. The van der Waals surface area contributed by atoms with E-state index in [4.69, 9.17) is 0 Å². The van der Waals surface area contributed by atoms with Crippen LogP contribution in [0.3, 0.4) is 0 Å². The summed E-state index contributed by atoms with van der Waals surface area (Å²) >= 11 is 1.58. The summed E-state index contributed by atoms with van der Waals surface area (Å²) in [7, 11) is 0. The van der Waals surface area contributed by atoms with E-state index >= 15 is 0 Å². The summed E-state index contributed by atoms with van der Waals surface area (Å²) in [5, 5.41) is 2.95. The summed E-state index contributed by atoms with van der Waals surface area (Å²) in [5.41, 5.74) is 1.24. The highest BCUT2D eigenvalue weighted by Crippen LogP contribution is 2.17. The van der Waals surface area contributed by atoms with Crippen molar-refractivity contribution in [3.8, 4) is 0 Å². The van der Waals surface area contributed by atoms with Gasteiger partial charge in [-0.05, 0) is 32.4 Å². The molecule has 0 aromatic heterocycles. The molecule has 1 aromatic rings. The van der Waals surface area contributed by atoms with Crippen molar-refractivity contribution in [2.45, 2.75) is 38.1 Å². The highest BCUT2D eigenvalue weighted by Gasteiger charge is 2.05. The molecule has 0 aliphatic carbocycles. The van der Waals surface area contributed by atoms with Gasteiger partial charge in [-0.3, -0.25) is 4.79 Å². The van der Waals surface area contributed by atoms with Gasteiger partial charge in [-0.2, -0.15) is 0 Å². The maximum atomic E-state index is 11.5. The molecule has 1 rings (SSSR count). The monoisotopic (exact) mass is 237 g/mol. The van der Waals surface area contributed by atoms with E-state index in [9.17, 15) is 4.79 Å². The van der Waals surface area contributed by atoms with Gasteiger partial charge in [0.15, 0.2) is 0 Å². The Morgan fingerprint density at radius 3 is 2.56 bits per heavy atom. The third kappa shape index (κ3) is 4.71. The largest absolute Gasteiger partial charge is 0.353 e. The molecule has 16 heavy (non-hydrogen) atoms. The van der Waals surface area contributed by atoms with Gasteiger partial charge in [0, 0.05) is 10.9 Å². The van der Waals surface area contributed by atoms with Gasteiger partial charge in [0.2, 0.25) is 5.91 Å². The Morgan fingerprint density at radius 2 is 2.00 bits per heavy atom. The Hall–Kier alpha value is -0.960. The van der Waals surface area contributed by atoms with Crippen LogP contribution in [0, 0.1) is 6.92 Å². The Morgan fingerprint density at radius 1 is 1.38 bits per heavy atom. The number of nitrogens with one attached hydrogen (secondary N) is 1. The molecular formula is C13H19NOS. The van der Waals surface area contributed by atoms with Gasteiger partial charge >= 0.3 is 0 Å². The number of amides is 1. The first-order valence-corrected chi connectivity index (χ1v) is 6.59. The van der Waals surface area contributed by atoms with Gasteiger partial charge in [-0.1, -0.05) is 24.6 Å². The fraction of sp³-hybridized carbons (Fsp3) is 0.462. The fourth-order valence-electron chi connectivity index (χ4n) is 1.20. The lowest BCUT2D eigenvalue weighted by atomic mass is 10.2. The van der Waals surface area contributed by atoms with Crippen LogP contribution in [0.25, 0.3) is 0 Å². The standard InChI is InChI=1S/C13H19NOS/c1-4-11(3)14-13(15)9-16-12-7-5-10(2)6-8-12/h5-8,11H,4,9H2,1-3H3,(H,14,15)/t11-/m0/s1. The summed E-state index contributed by atoms with van der Waals surface area (Å²) in [5.74, 6) is 0.604. The Bertz CT molecular complexity index is 334. The van der Waals surface area contributed by atoms with Crippen LogP contribution in [0.4, 0.5) is 0 Å². The predicted octanol–water partition coefficient (Wildman–Crippen LogP) is 3.00. The van der Waals surface area contributed by atoms with Crippen LogP contribution in [0.2, 0.25) is 0 Å². The third-order valence-electron chi connectivity index (χ3n) is 2.41. The lowest BCUT2D eigenvalue weighted by Crippen LogP contribution is -2.33. The Labute approximate surface area is 102 Å². The second kappa shape index (κ2) is 6.59. The van der Waals surface area contributed by atoms with Crippen LogP contribution in [-0.4, -0.2) is 17.7 Å². The number of hydrogen-bond donors (Lipinski definition) is 1. The molecule has 0 aliphatic rings. The van der Waals surface area contributed by atoms with Crippen molar-refractivity contribution >= 4 is 17.7 Å². The SMILES string of the molecule is CC[C@H](C)NC(=O)CSc1ccc(C)cc1. The van der Waals surface area contributed by atoms with Crippen LogP contribution in [-0.2, 0) is 4.79 Å².